The molecule has 56 heavy (non-hydrogen) atoms. The summed E-state index contributed by atoms with van der Waals surface area (Å²) in [6.07, 6.45) is -4.07. The number of carbonyl (C=O) groups is 2. The molecule has 10 nitrogen and oxygen atoms in total. The van der Waals surface area contributed by atoms with Gasteiger partial charge in [0.25, 0.3) is 0 Å². The number of fused-ring (bicyclic) bond motifs is 1. The lowest BCUT2D eigenvalue weighted by molar-refractivity contribution is -0.253. The van der Waals surface area contributed by atoms with Crippen LogP contribution < -0.4 is 14.8 Å². The zero-order valence-electron chi connectivity index (χ0n) is 31.4. The van der Waals surface area contributed by atoms with Crippen LogP contribution >= 0.6 is 0 Å². The van der Waals surface area contributed by atoms with Crippen LogP contribution in [0.2, 0.25) is 0 Å². The number of carbonyl (C=O) groups excluding carboxylic acids is 2. The van der Waals surface area contributed by atoms with Crippen LogP contribution in [0, 0.1) is 0 Å². The molecule has 2 saturated heterocycles. The van der Waals surface area contributed by atoms with Gasteiger partial charge in [0, 0.05) is 44.7 Å². The molecular formula is C43H46F3N3O7. The molecule has 0 aromatic heterocycles. The first kappa shape index (κ1) is 39.3. The van der Waals surface area contributed by atoms with E-state index in [0.29, 0.717) is 30.0 Å². The molecule has 0 radical (unpaired) electrons. The predicted molar refractivity (Wildman–Crippen MR) is 201 cm³/mol. The average molecular weight is 774 g/mol. The summed E-state index contributed by atoms with van der Waals surface area (Å²) in [6, 6.07) is 26.1. The minimum Gasteiger partial charge on any atom is -0.493 e. The second kappa shape index (κ2) is 17.0. The lowest BCUT2D eigenvalue weighted by Crippen LogP contribution is -2.50. The second-order valence-electron chi connectivity index (χ2n) is 14.5. The third-order valence-electron chi connectivity index (χ3n) is 10.9. The Morgan fingerprint density at radius 3 is 2.29 bits per heavy atom. The van der Waals surface area contributed by atoms with Gasteiger partial charge < -0.3 is 34.3 Å². The van der Waals surface area contributed by atoms with Gasteiger partial charge in [-0.3, -0.25) is 14.5 Å². The van der Waals surface area contributed by atoms with Crippen LogP contribution in [0.3, 0.4) is 0 Å². The molecule has 4 aromatic rings. The Labute approximate surface area is 324 Å². The van der Waals surface area contributed by atoms with Crippen molar-refractivity contribution in [1.29, 1.82) is 0 Å². The van der Waals surface area contributed by atoms with E-state index in [9.17, 15) is 27.9 Å². The van der Waals surface area contributed by atoms with E-state index in [2.05, 4.69) is 22.3 Å². The molecule has 0 aliphatic carbocycles. The van der Waals surface area contributed by atoms with E-state index < -0.39 is 30.3 Å². The van der Waals surface area contributed by atoms with E-state index >= 15 is 0 Å². The van der Waals surface area contributed by atoms with Crippen LogP contribution in [0.25, 0.3) is 11.1 Å². The molecule has 296 valence electrons. The van der Waals surface area contributed by atoms with E-state index in [1.807, 2.05) is 72.8 Å². The smallest absolute Gasteiger partial charge is 0.471 e. The van der Waals surface area contributed by atoms with Crippen molar-refractivity contribution < 1.29 is 46.8 Å². The Bertz CT molecular complexity index is 2010. The molecule has 0 saturated carbocycles. The molecule has 2 N–H and O–H groups in total. The molecule has 2 fully saturated rings. The zero-order valence-corrected chi connectivity index (χ0v) is 31.4. The molecular weight excluding hydrogens is 727 g/mol. The van der Waals surface area contributed by atoms with E-state index in [1.165, 1.54) is 11.1 Å². The molecule has 0 spiro atoms. The number of nitrogens with zero attached hydrogens (tertiary/aromatic N) is 2. The highest BCUT2D eigenvalue weighted by Gasteiger charge is 2.47. The van der Waals surface area contributed by atoms with Crippen LogP contribution in [0.5, 0.6) is 11.5 Å². The highest BCUT2D eigenvalue weighted by atomic mass is 19.4. The molecule has 0 bridgehead atoms. The van der Waals surface area contributed by atoms with Crippen LogP contribution in [-0.4, -0.2) is 78.9 Å². The van der Waals surface area contributed by atoms with Crippen LogP contribution in [0.4, 0.5) is 13.2 Å². The summed E-state index contributed by atoms with van der Waals surface area (Å²) in [5, 5.41) is 12.4. The molecule has 3 aliphatic heterocycles. The Kier molecular flexibility index (Phi) is 12.0. The number of likely N-dealkylation sites (tertiary alicyclic amines) is 1. The molecule has 4 atom stereocenters. The number of methoxy groups -OCH3 is 2. The number of ether oxygens (including phenoxy) is 4. The number of halogens is 3. The standard InChI is InChI=1S/C43H46F3N3O7/c1-53-38-20-31-17-19-48(24-33(31)21-39(38)54-2)25-34-22-37(29-11-9-27(26-50)10-12-29)56-41(55-34)30-15-13-28(14-16-30)35-7-4-3-6-32(35)23-47-40(51)36-8-5-18-49(36)42(52)43(44,45)46/h3-4,6-7,9-16,20-21,34,36-37,41,50H,5,8,17-19,22-26H2,1-2H3,(H,47,51). The van der Waals surface area contributed by atoms with Crippen molar-refractivity contribution in [2.75, 3.05) is 33.9 Å². The number of hydrogen-bond donors (Lipinski definition) is 2. The van der Waals surface area contributed by atoms with Crippen molar-refractivity contribution in [2.24, 2.45) is 0 Å². The third kappa shape index (κ3) is 8.71. The van der Waals surface area contributed by atoms with Crippen molar-refractivity contribution in [3.63, 3.8) is 0 Å². The van der Waals surface area contributed by atoms with Gasteiger partial charge in [-0.05, 0) is 70.3 Å². The second-order valence-corrected chi connectivity index (χ2v) is 14.5. The topological polar surface area (TPSA) is 110 Å². The van der Waals surface area contributed by atoms with Gasteiger partial charge in [-0.1, -0.05) is 72.8 Å². The van der Waals surface area contributed by atoms with Gasteiger partial charge >= 0.3 is 12.1 Å². The fourth-order valence-corrected chi connectivity index (χ4v) is 7.94. The normalized spacial score (nSPS) is 21.4. The Hall–Kier alpha value is -4.95. The van der Waals surface area contributed by atoms with Crippen molar-refractivity contribution in [3.8, 4) is 22.6 Å². The summed E-state index contributed by atoms with van der Waals surface area (Å²) in [5.74, 6) is -1.17. The zero-order chi connectivity index (χ0) is 39.4. The van der Waals surface area contributed by atoms with Crippen LogP contribution in [-0.2, 0) is 45.2 Å². The maximum Gasteiger partial charge on any atom is 0.471 e. The maximum absolute atomic E-state index is 13.1. The molecule has 4 unspecified atom stereocenters. The molecule has 3 aliphatic rings. The number of benzene rings is 4. The van der Waals surface area contributed by atoms with Gasteiger partial charge in [0.15, 0.2) is 17.8 Å². The van der Waals surface area contributed by atoms with Crippen LogP contribution in [0.1, 0.15) is 65.0 Å². The fourth-order valence-electron chi connectivity index (χ4n) is 7.94. The minimum atomic E-state index is -5.03. The third-order valence-corrected chi connectivity index (χ3v) is 10.9. The first-order chi connectivity index (χ1) is 27.0. The van der Waals surface area contributed by atoms with E-state index in [-0.39, 0.29) is 38.3 Å². The summed E-state index contributed by atoms with van der Waals surface area (Å²) in [4.78, 5) is 28.0. The van der Waals surface area contributed by atoms with Crippen molar-refractivity contribution >= 4 is 11.8 Å². The first-order valence-corrected chi connectivity index (χ1v) is 18.8. The lowest BCUT2D eigenvalue weighted by atomic mass is 9.96. The van der Waals surface area contributed by atoms with Crippen molar-refractivity contribution in [1.82, 2.24) is 15.1 Å². The van der Waals surface area contributed by atoms with E-state index in [4.69, 9.17) is 18.9 Å². The largest absolute Gasteiger partial charge is 0.493 e. The lowest BCUT2D eigenvalue weighted by Gasteiger charge is -2.39. The quantitative estimate of drug-likeness (QED) is 0.175. The predicted octanol–water partition coefficient (Wildman–Crippen LogP) is 6.64. The summed E-state index contributed by atoms with van der Waals surface area (Å²) < 4.78 is 63.8. The van der Waals surface area contributed by atoms with Crippen molar-refractivity contribution in [3.05, 3.63) is 118 Å². The number of alkyl halides is 3. The van der Waals surface area contributed by atoms with E-state index in [1.54, 1.807) is 14.2 Å². The summed E-state index contributed by atoms with van der Waals surface area (Å²) in [6.45, 7) is 2.23. The number of nitrogens with one attached hydrogen (secondary N) is 1. The summed E-state index contributed by atoms with van der Waals surface area (Å²) >= 11 is 0. The number of aliphatic hydroxyl groups is 1. The summed E-state index contributed by atoms with van der Waals surface area (Å²) in [5.41, 5.74) is 7.58. The van der Waals surface area contributed by atoms with Gasteiger partial charge in [0.2, 0.25) is 5.91 Å². The first-order valence-electron chi connectivity index (χ1n) is 18.8. The Morgan fingerprint density at radius 2 is 1.59 bits per heavy atom. The molecule has 7 rings (SSSR count). The molecule has 3 heterocycles. The summed E-state index contributed by atoms with van der Waals surface area (Å²) in [7, 11) is 3.29. The highest BCUT2D eigenvalue weighted by Crippen LogP contribution is 2.40. The SMILES string of the molecule is COc1cc2c(cc1OC)CN(CC1CC(c3ccc(CO)cc3)OC(c3ccc(-c4ccccc4CNC(=O)C4CCCN4C(=O)C(F)(F)F)cc3)O1)CC2. The minimum absolute atomic E-state index is 0.0444. The van der Waals surface area contributed by atoms with E-state index in [0.717, 1.165) is 58.6 Å². The van der Waals surface area contributed by atoms with Gasteiger partial charge in [0.05, 0.1) is 33.0 Å². The maximum atomic E-state index is 13.1. The highest BCUT2D eigenvalue weighted by molar-refractivity contribution is 5.90. The van der Waals surface area contributed by atoms with Gasteiger partial charge in [-0.25, -0.2) is 0 Å². The Balaban J connectivity index is 1.06. The molecule has 4 aromatic carbocycles. The van der Waals surface area contributed by atoms with Gasteiger partial charge in [-0.2, -0.15) is 13.2 Å². The number of rotatable bonds is 11. The number of hydrogen-bond acceptors (Lipinski definition) is 8. The average Bonchev–Trinajstić information content (AvgIpc) is 3.72. The van der Waals surface area contributed by atoms with Crippen LogP contribution in [0.15, 0.2) is 84.9 Å². The molecule has 13 heteroatoms. The van der Waals surface area contributed by atoms with Crippen molar-refractivity contribution in [2.45, 2.75) is 76.1 Å². The number of amides is 2. The monoisotopic (exact) mass is 773 g/mol. The molecule has 2 amide bonds. The fraction of sp³-hybridized carbons (Fsp3) is 0.395. The number of aliphatic hydroxyl groups excluding tert-OH is 1. The van der Waals surface area contributed by atoms with Gasteiger partial charge in [-0.15, -0.1) is 0 Å². The Morgan fingerprint density at radius 1 is 0.893 bits per heavy atom. The van der Waals surface area contributed by atoms with Gasteiger partial charge in [0.1, 0.15) is 6.04 Å².